The van der Waals surface area contributed by atoms with Gasteiger partial charge in [0.15, 0.2) is 11.6 Å². The summed E-state index contributed by atoms with van der Waals surface area (Å²) in [6, 6.07) is 4.24. The Balaban J connectivity index is 0.00000196. The molecule has 1 unspecified atom stereocenters. The first-order chi connectivity index (χ1) is 6.67. The Hall–Kier alpha value is -0.840. The minimum Gasteiger partial charge on any atom is -0.494 e. The molecular weight excluding hydrogens is 221 g/mol. The number of halogens is 2. The van der Waals surface area contributed by atoms with Crippen molar-refractivity contribution in [2.75, 3.05) is 13.7 Å². The monoisotopic (exact) mass is 235 g/mol. The van der Waals surface area contributed by atoms with E-state index in [0.717, 1.165) is 5.56 Å². The summed E-state index contributed by atoms with van der Waals surface area (Å²) in [6.07, 6.45) is 0.507. The lowest BCUT2D eigenvalue weighted by Crippen LogP contribution is -2.26. The number of nitrogens with two attached hydrogens (primary N) is 1. The van der Waals surface area contributed by atoms with Crippen molar-refractivity contribution in [3.05, 3.63) is 29.6 Å². The maximum atomic E-state index is 13.0. The normalized spacial score (nSPS) is 11.7. The summed E-state index contributed by atoms with van der Waals surface area (Å²) >= 11 is 0. The molecule has 0 spiro atoms. The lowest BCUT2D eigenvalue weighted by atomic mass is 10.1. The number of methoxy groups -OCH3 is 1. The summed E-state index contributed by atoms with van der Waals surface area (Å²) < 4.78 is 17.8. The first kappa shape index (κ1) is 14.2. The molecule has 0 bridgehead atoms. The van der Waals surface area contributed by atoms with Gasteiger partial charge in [0.25, 0.3) is 0 Å². The van der Waals surface area contributed by atoms with Crippen molar-refractivity contribution in [2.24, 2.45) is 5.73 Å². The highest BCUT2D eigenvalue weighted by molar-refractivity contribution is 5.85. The van der Waals surface area contributed by atoms with Crippen LogP contribution in [0.25, 0.3) is 0 Å². The Morgan fingerprint density at radius 3 is 2.73 bits per heavy atom. The molecule has 0 aliphatic carbocycles. The van der Waals surface area contributed by atoms with Crippen LogP contribution in [0, 0.1) is 5.82 Å². The smallest absolute Gasteiger partial charge is 0.165 e. The molecule has 0 aliphatic heterocycles. The molecule has 86 valence electrons. The Labute approximate surface area is 94.5 Å². The number of hydrogen-bond acceptors (Lipinski definition) is 3. The lowest BCUT2D eigenvalue weighted by Gasteiger charge is -2.09. The van der Waals surface area contributed by atoms with Gasteiger partial charge in [-0.05, 0) is 24.1 Å². The van der Waals surface area contributed by atoms with Gasteiger partial charge >= 0.3 is 0 Å². The van der Waals surface area contributed by atoms with Gasteiger partial charge in [0.1, 0.15) is 0 Å². The fourth-order valence-electron chi connectivity index (χ4n) is 1.20. The SMILES string of the molecule is COc1cc(CC(N)CO)ccc1F.Cl. The van der Waals surface area contributed by atoms with Crippen molar-refractivity contribution in [1.82, 2.24) is 0 Å². The van der Waals surface area contributed by atoms with Gasteiger partial charge < -0.3 is 15.6 Å². The van der Waals surface area contributed by atoms with Gasteiger partial charge in [-0.25, -0.2) is 4.39 Å². The molecule has 0 saturated heterocycles. The number of rotatable bonds is 4. The van der Waals surface area contributed by atoms with E-state index in [9.17, 15) is 4.39 Å². The lowest BCUT2D eigenvalue weighted by molar-refractivity contribution is 0.265. The van der Waals surface area contributed by atoms with Crippen LogP contribution in [-0.2, 0) is 6.42 Å². The van der Waals surface area contributed by atoms with E-state index in [0.29, 0.717) is 6.42 Å². The number of benzene rings is 1. The molecule has 0 saturated carbocycles. The Morgan fingerprint density at radius 2 is 2.20 bits per heavy atom. The molecule has 1 aromatic carbocycles. The Bertz CT molecular complexity index is 309. The topological polar surface area (TPSA) is 55.5 Å². The van der Waals surface area contributed by atoms with Crippen molar-refractivity contribution in [3.63, 3.8) is 0 Å². The van der Waals surface area contributed by atoms with Crippen molar-refractivity contribution >= 4 is 12.4 Å². The summed E-state index contributed by atoms with van der Waals surface area (Å²) in [5.41, 5.74) is 6.40. The van der Waals surface area contributed by atoms with E-state index in [4.69, 9.17) is 15.6 Å². The van der Waals surface area contributed by atoms with Gasteiger partial charge in [0.2, 0.25) is 0 Å². The molecule has 0 amide bonds. The second kappa shape index (κ2) is 6.61. The summed E-state index contributed by atoms with van der Waals surface area (Å²) in [7, 11) is 1.41. The van der Waals surface area contributed by atoms with E-state index in [1.807, 2.05) is 0 Å². The molecule has 0 heterocycles. The van der Waals surface area contributed by atoms with E-state index in [1.165, 1.54) is 13.2 Å². The van der Waals surface area contributed by atoms with Gasteiger partial charge in [-0.2, -0.15) is 0 Å². The van der Waals surface area contributed by atoms with E-state index in [-0.39, 0.29) is 30.8 Å². The highest BCUT2D eigenvalue weighted by Crippen LogP contribution is 2.18. The van der Waals surface area contributed by atoms with Crippen LogP contribution >= 0.6 is 12.4 Å². The number of aliphatic hydroxyl groups is 1. The third-order valence-corrected chi connectivity index (χ3v) is 1.95. The predicted molar refractivity (Wildman–Crippen MR) is 59.0 cm³/mol. The van der Waals surface area contributed by atoms with E-state index in [2.05, 4.69) is 0 Å². The maximum absolute atomic E-state index is 13.0. The van der Waals surface area contributed by atoms with Crippen molar-refractivity contribution < 1.29 is 14.2 Å². The molecule has 0 radical (unpaired) electrons. The largest absolute Gasteiger partial charge is 0.494 e. The average molecular weight is 236 g/mol. The zero-order chi connectivity index (χ0) is 10.6. The zero-order valence-corrected chi connectivity index (χ0v) is 9.26. The highest BCUT2D eigenvalue weighted by Gasteiger charge is 2.06. The summed E-state index contributed by atoms with van der Waals surface area (Å²) in [5.74, 6) is -0.193. The third kappa shape index (κ3) is 4.03. The van der Waals surface area contributed by atoms with Crippen LogP contribution in [0.4, 0.5) is 4.39 Å². The van der Waals surface area contributed by atoms with Crippen LogP contribution in [0.3, 0.4) is 0 Å². The van der Waals surface area contributed by atoms with Gasteiger partial charge in [-0.3, -0.25) is 0 Å². The second-order valence-corrected chi connectivity index (χ2v) is 3.12. The first-order valence-corrected chi connectivity index (χ1v) is 4.36. The van der Waals surface area contributed by atoms with Crippen LogP contribution < -0.4 is 10.5 Å². The number of ether oxygens (including phenoxy) is 1. The minimum atomic E-state index is -0.395. The molecule has 0 aromatic heterocycles. The molecule has 5 heteroatoms. The highest BCUT2D eigenvalue weighted by atomic mass is 35.5. The molecular formula is C10H15ClFNO2. The summed E-state index contributed by atoms with van der Waals surface area (Å²) in [4.78, 5) is 0. The molecule has 1 atom stereocenters. The molecule has 3 nitrogen and oxygen atoms in total. The molecule has 1 rings (SSSR count). The van der Waals surface area contributed by atoms with E-state index < -0.39 is 5.82 Å². The standard InChI is InChI=1S/C10H14FNO2.ClH/c1-14-10-5-7(2-3-9(10)11)4-8(12)6-13;/h2-3,5,8,13H,4,6,12H2,1H3;1H. The molecule has 15 heavy (non-hydrogen) atoms. The van der Waals surface area contributed by atoms with Gasteiger partial charge in [-0.1, -0.05) is 6.07 Å². The minimum absolute atomic E-state index is 0. The quantitative estimate of drug-likeness (QED) is 0.822. The summed E-state index contributed by atoms with van der Waals surface area (Å²) in [6.45, 7) is -0.0836. The van der Waals surface area contributed by atoms with Crippen LogP contribution in [0.5, 0.6) is 5.75 Å². The van der Waals surface area contributed by atoms with Gasteiger partial charge in [0.05, 0.1) is 13.7 Å². The van der Waals surface area contributed by atoms with Crippen molar-refractivity contribution in [2.45, 2.75) is 12.5 Å². The van der Waals surface area contributed by atoms with Crippen LogP contribution in [0.15, 0.2) is 18.2 Å². The van der Waals surface area contributed by atoms with Crippen molar-refractivity contribution in [3.8, 4) is 5.75 Å². The number of hydrogen-bond donors (Lipinski definition) is 2. The fourth-order valence-corrected chi connectivity index (χ4v) is 1.20. The Kier molecular flexibility index (Phi) is 6.24. The average Bonchev–Trinajstić information content (AvgIpc) is 2.20. The van der Waals surface area contributed by atoms with Crippen LogP contribution in [0.2, 0.25) is 0 Å². The predicted octanol–water partition coefficient (Wildman–Crippen LogP) is 1.12. The van der Waals surface area contributed by atoms with E-state index in [1.54, 1.807) is 12.1 Å². The molecule has 3 N–H and O–H groups in total. The van der Waals surface area contributed by atoms with E-state index >= 15 is 0 Å². The van der Waals surface area contributed by atoms with Crippen molar-refractivity contribution in [1.29, 1.82) is 0 Å². The molecule has 0 fully saturated rings. The van der Waals surface area contributed by atoms with Crippen LogP contribution in [-0.4, -0.2) is 24.9 Å². The Morgan fingerprint density at radius 1 is 1.53 bits per heavy atom. The van der Waals surface area contributed by atoms with Crippen LogP contribution in [0.1, 0.15) is 5.56 Å². The second-order valence-electron chi connectivity index (χ2n) is 3.12. The molecule has 1 aromatic rings. The molecule has 0 aliphatic rings. The maximum Gasteiger partial charge on any atom is 0.165 e. The van der Waals surface area contributed by atoms with Gasteiger partial charge in [0, 0.05) is 6.04 Å². The number of aliphatic hydroxyl groups excluding tert-OH is 1. The summed E-state index contributed by atoms with van der Waals surface area (Å²) in [5, 5.41) is 8.75. The zero-order valence-electron chi connectivity index (χ0n) is 8.44. The fraction of sp³-hybridized carbons (Fsp3) is 0.400. The van der Waals surface area contributed by atoms with Gasteiger partial charge in [-0.15, -0.1) is 12.4 Å². The first-order valence-electron chi connectivity index (χ1n) is 4.36. The third-order valence-electron chi connectivity index (χ3n) is 1.95.